The first kappa shape index (κ1) is 21.4. The smallest absolute Gasteiger partial charge is 0.161 e. The number of methoxy groups -OCH3 is 2. The summed E-state index contributed by atoms with van der Waals surface area (Å²) in [6, 6.07) is 15.5. The van der Waals surface area contributed by atoms with Crippen molar-refractivity contribution < 1.29 is 24.1 Å². The molecule has 0 bridgehead atoms. The van der Waals surface area contributed by atoms with Gasteiger partial charge in [-0.15, -0.1) is 0 Å². The third-order valence-corrected chi connectivity index (χ3v) is 4.99. The van der Waals surface area contributed by atoms with Gasteiger partial charge in [0.1, 0.15) is 18.5 Å². The van der Waals surface area contributed by atoms with E-state index >= 15 is 0 Å². The molecule has 1 aliphatic rings. The van der Waals surface area contributed by atoms with E-state index in [9.17, 15) is 5.11 Å². The number of aliphatic hydroxyl groups excluding tert-OH is 1. The van der Waals surface area contributed by atoms with E-state index in [1.807, 2.05) is 48.5 Å². The number of hydrogen-bond acceptors (Lipinski definition) is 6. The molecule has 3 rings (SSSR count). The van der Waals surface area contributed by atoms with E-state index in [-0.39, 0.29) is 12.7 Å². The molecule has 2 unspecified atom stereocenters. The van der Waals surface area contributed by atoms with Gasteiger partial charge >= 0.3 is 0 Å². The van der Waals surface area contributed by atoms with Crippen molar-refractivity contribution in [2.75, 3.05) is 40.5 Å². The Balaban J connectivity index is 1.62. The van der Waals surface area contributed by atoms with Crippen LogP contribution in [-0.2, 0) is 11.3 Å². The highest BCUT2D eigenvalue weighted by Gasteiger charge is 2.22. The summed E-state index contributed by atoms with van der Waals surface area (Å²) in [7, 11) is 3.26. The second kappa shape index (κ2) is 11.0. The zero-order valence-electron chi connectivity index (χ0n) is 17.3. The van der Waals surface area contributed by atoms with Gasteiger partial charge in [0.25, 0.3) is 0 Å². The van der Waals surface area contributed by atoms with Gasteiger partial charge in [-0.3, -0.25) is 4.90 Å². The lowest BCUT2D eigenvalue weighted by Crippen LogP contribution is -2.39. The lowest BCUT2D eigenvalue weighted by atomic mass is 10.1. The molecular weight excluding hydrogens is 370 g/mol. The number of nitrogens with zero attached hydrogens (tertiary/aromatic N) is 1. The molecule has 2 aromatic carbocycles. The van der Waals surface area contributed by atoms with Crippen molar-refractivity contribution in [3.05, 3.63) is 54.1 Å². The molecular formula is C23H31NO5. The predicted octanol–water partition coefficient (Wildman–Crippen LogP) is 3.12. The van der Waals surface area contributed by atoms with Gasteiger partial charge in [0.05, 0.1) is 20.3 Å². The Morgan fingerprint density at radius 3 is 2.59 bits per heavy atom. The summed E-state index contributed by atoms with van der Waals surface area (Å²) >= 11 is 0. The van der Waals surface area contributed by atoms with E-state index in [1.54, 1.807) is 14.2 Å². The third kappa shape index (κ3) is 6.63. The average molecular weight is 402 g/mol. The summed E-state index contributed by atoms with van der Waals surface area (Å²) in [6.45, 7) is 3.02. The SMILES string of the molecule is COc1ccc(CN(CC(O)COc2ccccc2)CC2CCCO2)cc1OC. The van der Waals surface area contributed by atoms with Crippen LogP contribution in [0.25, 0.3) is 0 Å². The Labute approximate surface area is 173 Å². The molecule has 1 N–H and O–H groups in total. The fraction of sp³-hybridized carbons (Fsp3) is 0.478. The molecule has 0 spiro atoms. The summed E-state index contributed by atoms with van der Waals surface area (Å²) in [6.07, 6.45) is 1.75. The maximum Gasteiger partial charge on any atom is 0.161 e. The number of aliphatic hydroxyl groups is 1. The zero-order valence-corrected chi connectivity index (χ0v) is 17.3. The summed E-state index contributed by atoms with van der Waals surface area (Å²) in [5, 5.41) is 10.6. The summed E-state index contributed by atoms with van der Waals surface area (Å²) in [5.74, 6) is 2.17. The van der Waals surface area contributed by atoms with Gasteiger partial charge in [-0.25, -0.2) is 0 Å². The second-order valence-corrected chi connectivity index (χ2v) is 7.30. The molecule has 1 saturated heterocycles. The van der Waals surface area contributed by atoms with Crippen molar-refractivity contribution in [2.24, 2.45) is 0 Å². The van der Waals surface area contributed by atoms with Crippen LogP contribution in [0, 0.1) is 0 Å². The van der Waals surface area contributed by atoms with E-state index in [2.05, 4.69) is 4.90 Å². The highest BCUT2D eigenvalue weighted by atomic mass is 16.5. The highest BCUT2D eigenvalue weighted by Crippen LogP contribution is 2.28. The molecule has 0 saturated carbocycles. The van der Waals surface area contributed by atoms with Gasteiger partial charge in [-0.2, -0.15) is 0 Å². The molecule has 0 aliphatic carbocycles. The standard InChI is InChI=1S/C23H31NO5/c1-26-22-11-10-18(13-23(22)27-2)14-24(16-21-9-6-12-28-21)15-19(25)17-29-20-7-4-3-5-8-20/h3-5,7-8,10-11,13,19,21,25H,6,9,12,14-17H2,1-2H3. The molecule has 2 atom stereocenters. The van der Waals surface area contributed by atoms with Gasteiger partial charge in [-0.05, 0) is 42.7 Å². The summed E-state index contributed by atoms with van der Waals surface area (Å²) < 4.78 is 22.3. The Morgan fingerprint density at radius 2 is 1.90 bits per heavy atom. The van der Waals surface area contributed by atoms with Crippen molar-refractivity contribution in [3.8, 4) is 17.2 Å². The molecule has 158 valence electrons. The number of benzene rings is 2. The number of rotatable bonds is 11. The van der Waals surface area contributed by atoms with Crippen LogP contribution < -0.4 is 14.2 Å². The Morgan fingerprint density at radius 1 is 1.10 bits per heavy atom. The molecule has 0 amide bonds. The van der Waals surface area contributed by atoms with E-state index < -0.39 is 6.10 Å². The van der Waals surface area contributed by atoms with Crippen molar-refractivity contribution in [2.45, 2.75) is 31.6 Å². The van der Waals surface area contributed by atoms with Gasteiger partial charge < -0.3 is 24.1 Å². The van der Waals surface area contributed by atoms with Crippen molar-refractivity contribution in [1.29, 1.82) is 0 Å². The molecule has 0 radical (unpaired) electrons. The predicted molar refractivity (Wildman–Crippen MR) is 112 cm³/mol. The van der Waals surface area contributed by atoms with Crippen LogP contribution >= 0.6 is 0 Å². The molecule has 2 aromatic rings. The van der Waals surface area contributed by atoms with Gasteiger partial charge in [0.15, 0.2) is 11.5 Å². The quantitative estimate of drug-likeness (QED) is 0.624. The van der Waals surface area contributed by atoms with Crippen molar-refractivity contribution >= 4 is 0 Å². The normalized spacial score (nSPS) is 17.3. The topological polar surface area (TPSA) is 60.4 Å². The second-order valence-electron chi connectivity index (χ2n) is 7.30. The molecule has 1 aliphatic heterocycles. The number of ether oxygens (including phenoxy) is 4. The molecule has 0 aromatic heterocycles. The zero-order chi connectivity index (χ0) is 20.5. The first-order chi connectivity index (χ1) is 14.2. The third-order valence-electron chi connectivity index (χ3n) is 4.99. The van der Waals surface area contributed by atoms with Crippen molar-refractivity contribution in [1.82, 2.24) is 4.90 Å². The number of hydrogen-bond donors (Lipinski definition) is 1. The van der Waals surface area contributed by atoms with Crippen LogP contribution in [0.2, 0.25) is 0 Å². The van der Waals surface area contributed by atoms with E-state index in [0.717, 1.165) is 37.3 Å². The van der Waals surface area contributed by atoms with E-state index in [1.165, 1.54) is 0 Å². The Bertz CT molecular complexity index is 733. The molecule has 6 heteroatoms. The molecule has 1 heterocycles. The highest BCUT2D eigenvalue weighted by molar-refractivity contribution is 5.42. The van der Waals surface area contributed by atoms with Gasteiger partial charge in [0.2, 0.25) is 0 Å². The Hall–Kier alpha value is -2.28. The molecule has 1 fully saturated rings. The lowest BCUT2D eigenvalue weighted by molar-refractivity contribution is 0.0313. The maximum absolute atomic E-state index is 10.6. The first-order valence-electron chi connectivity index (χ1n) is 10.1. The maximum atomic E-state index is 10.6. The van der Waals surface area contributed by atoms with Gasteiger partial charge in [-0.1, -0.05) is 24.3 Å². The molecule has 29 heavy (non-hydrogen) atoms. The van der Waals surface area contributed by atoms with Crippen LogP contribution in [0.5, 0.6) is 17.2 Å². The van der Waals surface area contributed by atoms with Gasteiger partial charge in [0, 0.05) is 26.2 Å². The fourth-order valence-electron chi connectivity index (χ4n) is 3.58. The van der Waals surface area contributed by atoms with Crippen LogP contribution in [0.15, 0.2) is 48.5 Å². The summed E-state index contributed by atoms with van der Waals surface area (Å²) in [5.41, 5.74) is 1.09. The minimum absolute atomic E-state index is 0.206. The monoisotopic (exact) mass is 401 g/mol. The fourth-order valence-corrected chi connectivity index (χ4v) is 3.58. The average Bonchev–Trinajstić information content (AvgIpc) is 3.26. The number of para-hydroxylation sites is 1. The first-order valence-corrected chi connectivity index (χ1v) is 10.1. The largest absolute Gasteiger partial charge is 0.493 e. The summed E-state index contributed by atoms with van der Waals surface area (Å²) in [4.78, 5) is 2.22. The molecule has 6 nitrogen and oxygen atoms in total. The van der Waals surface area contributed by atoms with E-state index in [4.69, 9.17) is 18.9 Å². The lowest BCUT2D eigenvalue weighted by Gasteiger charge is -2.27. The minimum atomic E-state index is -0.600. The van der Waals surface area contributed by atoms with E-state index in [0.29, 0.717) is 24.6 Å². The van der Waals surface area contributed by atoms with Crippen LogP contribution in [-0.4, -0.2) is 62.7 Å². The van der Waals surface area contributed by atoms with Crippen LogP contribution in [0.1, 0.15) is 18.4 Å². The van der Waals surface area contributed by atoms with Crippen LogP contribution in [0.3, 0.4) is 0 Å². The van der Waals surface area contributed by atoms with Crippen molar-refractivity contribution in [3.63, 3.8) is 0 Å². The Kier molecular flexibility index (Phi) is 8.16. The minimum Gasteiger partial charge on any atom is -0.493 e. The van der Waals surface area contributed by atoms with Crippen LogP contribution in [0.4, 0.5) is 0 Å².